The van der Waals surface area contributed by atoms with Gasteiger partial charge >= 0.3 is 6.18 Å². The van der Waals surface area contributed by atoms with Gasteiger partial charge in [0.05, 0.1) is 24.2 Å². The van der Waals surface area contributed by atoms with Gasteiger partial charge in [0.25, 0.3) is 5.91 Å². The van der Waals surface area contributed by atoms with Gasteiger partial charge in [-0.25, -0.2) is 9.97 Å². The Labute approximate surface area is 249 Å². The number of piperidine rings is 2. The van der Waals surface area contributed by atoms with Crippen LogP contribution in [0.1, 0.15) is 59.3 Å². The summed E-state index contributed by atoms with van der Waals surface area (Å²) in [5.41, 5.74) is 2.70. The Bertz CT molecular complexity index is 1450. The number of benzene rings is 1. The zero-order valence-electron chi connectivity index (χ0n) is 23.8. The van der Waals surface area contributed by atoms with E-state index in [0.29, 0.717) is 46.4 Å². The topological polar surface area (TPSA) is 75.5 Å². The van der Waals surface area contributed by atoms with Crippen molar-refractivity contribution < 1.29 is 22.7 Å². The molecular formula is C30H36ClF3N6O2. The third-order valence-electron chi connectivity index (χ3n) is 8.63. The number of carbonyl (C=O) groups excluding carboxylic acids is 1. The maximum Gasteiger partial charge on any atom is 0.431 e. The summed E-state index contributed by atoms with van der Waals surface area (Å²) in [6.45, 7) is 5.70. The van der Waals surface area contributed by atoms with E-state index in [1.54, 1.807) is 31.3 Å². The van der Waals surface area contributed by atoms with Crippen LogP contribution in [0, 0.1) is 6.92 Å². The number of anilines is 2. The van der Waals surface area contributed by atoms with Crippen LogP contribution in [0.25, 0.3) is 11.4 Å². The largest absolute Gasteiger partial charge is 0.495 e. The highest BCUT2D eigenvalue weighted by Crippen LogP contribution is 2.40. The Hall–Kier alpha value is -3.31. The van der Waals surface area contributed by atoms with E-state index >= 15 is 0 Å². The summed E-state index contributed by atoms with van der Waals surface area (Å²) in [6.07, 6.45) is 3.46. The molecule has 1 amide bonds. The number of aromatic nitrogens is 3. The van der Waals surface area contributed by atoms with Crippen LogP contribution in [0.15, 0.2) is 30.5 Å². The molecule has 12 heteroatoms. The summed E-state index contributed by atoms with van der Waals surface area (Å²) in [7, 11) is 1.53. The van der Waals surface area contributed by atoms with Crippen LogP contribution >= 0.6 is 12.4 Å². The molecule has 0 unspecified atom stereocenters. The monoisotopic (exact) mass is 604 g/mol. The van der Waals surface area contributed by atoms with E-state index in [2.05, 4.69) is 20.2 Å². The van der Waals surface area contributed by atoms with Crippen LogP contribution in [0.3, 0.4) is 0 Å². The quantitative estimate of drug-likeness (QED) is 0.380. The number of halogens is 4. The van der Waals surface area contributed by atoms with E-state index in [0.717, 1.165) is 31.5 Å². The number of carbonyl (C=O) groups is 1. The van der Waals surface area contributed by atoms with Crippen LogP contribution in [0.5, 0.6) is 5.75 Å². The molecule has 2 fully saturated rings. The Balaban J connectivity index is 0.00000353. The standard InChI is InChI=1S/C30H35F3N6O2.ClH/c1-19-16-25(30(31,32)33)39-15-8-21-18-34-29(36-26(21)27(19)39)35-23-7-6-20(17-24(23)41-2)28(40)38-13-9-22(10-14-38)37-11-4-3-5-12-37;/h6-7,16-18,22H,3-5,8-15H2,1-2H3,(H,34,35,36);1H. The molecule has 3 aromatic rings. The molecule has 2 aromatic heterocycles. The molecule has 6 rings (SSSR count). The summed E-state index contributed by atoms with van der Waals surface area (Å²) >= 11 is 0. The Morgan fingerprint density at radius 2 is 1.79 bits per heavy atom. The van der Waals surface area contributed by atoms with Crippen molar-refractivity contribution in [1.29, 1.82) is 0 Å². The van der Waals surface area contributed by atoms with Gasteiger partial charge in [0.1, 0.15) is 11.4 Å². The number of ether oxygens (including phenoxy) is 1. The second kappa shape index (κ2) is 12.1. The molecule has 0 saturated carbocycles. The van der Waals surface area contributed by atoms with Crippen LogP contribution in [0.4, 0.5) is 24.8 Å². The van der Waals surface area contributed by atoms with Crippen molar-refractivity contribution in [2.24, 2.45) is 0 Å². The lowest BCUT2D eigenvalue weighted by Crippen LogP contribution is -2.48. The van der Waals surface area contributed by atoms with Crippen molar-refractivity contribution in [2.45, 2.75) is 64.2 Å². The summed E-state index contributed by atoms with van der Waals surface area (Å²) in [6, 6.07) is 6.96. The molecule has 42 heavy (non-hydrogen) atoms. The molecule has 0 aliphatic carbocycles. The maximum absolute atomic E-state index is 13.6. The van der Waals surface area contributed by atoms with Gasteiger partial charge in [0.15, 0.2) is 0 Å². The van der Waals surface area contributed by atoms with Crippen molar-refractivity contribution in [3.8, 4) is 17.1 Å². The number of nitrogens with one attached hydrogen (secondary N) is 1. The fraction of sp³-hybridized carbons (Fsp3) is 0.500. The molecule has 1 N–H and O–H groups in total. The average Bonchev–Trinajstić information content (AvgIpc) is 3.35. The molecule has 5 heterocycles. The van der Waals surface area contributed by atoms with Crippen molar-refractivity contribution in [3.63, 3.8) is 0 Å². The first-order chi connectivity index (χ1) is 19.7. The minimum atomic E-state index is -4.44. The van der Waals surface area contributed by atoms with Gasteiger partial charge < -0.3 is 24.4 Å². The maximum atomic E-state index is 13.6. The highest BCUT2D eigenvalue weighted by atomic mass is 35.5. The second-order valence-electron chi connectivity index (χ2n) is 11.2. The fourth-order valence-corrected chi connectivity index (χ4v) is 6.50. The van der Waals surface area contributed by atoms with Crippen molar-refractivity contribution in [3.05, 3.63) is 52.8 Å². The summed E-state index contributed by atoms with van der Waals surface area (Å²) in [5, 5.41) is 3.14. The number of rotatable bonds is 5. The average molecular weight is 605 g/mol. The van der Waals surface area contributed by atoms with Crippen LogP contribution in [-0.2, 0) is 19.1 Å². The molecule has 8 nitrogen and oxygen atoms in total. The van der Waals surface area contributed by atoms with Crippen molar-refractivity contribution in [2.75, 3.05) is 38.6 Å². The first kappa shape index (κ1) is 30.2. The van der Waals surface area contributed by atoms with Gasteiger partial charge in [0.2, 0.25) is 5.95 Å². The molecule has 3 aliphatic rings. The van der Waals surface area contributed by atoms with Gasteiger partial charge in [0, 0.05) is 43.0 Å². The predicted molar refractivity (Wildman–Crippen MR) is 157 cm³/mol. The number of hydrogen-bond acceptors (Lipinski definition) is 6. The van der Waals surface area contributed by atoms with E-state index in [9.17, 15) is 18.0 Å². The number of nitrogens with zero attached hydrogens (tertiary/aromatic N) is 5. The SMILES string of the molecule is COc1cc(C(=O)N2CCC(N3CCCCC3)CC2)ccc1Nc1ncc2c(n1)-c1c(C)cc(C(F)(F)F)n1CC2.Cl. The van der Waals surface area contributed by atoms with Crippen molar-refractivity contribution >= 4 is 29.9 Å². The van der Waals surface area contributed by atoms with Gasteiger partial charge in [-0.2, -0.15) is 13.2 Å². The summed E-state index contributed by atoms with van der Waals surface area (Å²) in [4.78, 5) is 26.9. The molecule has 226 valence electrons. The summed E-state index contributed by atoms with van der Waals surface area (Å²) in [5.74, 6) is 0.677. The number of amides is 1. The Morgan fingerprint density at radius 3 is 2.48 bits per heavy atom. The number of hydrogen-bond donors (Lipinski definition) is 1. The number of likely N-dealkylation sites (tertiary alicyclic amines) is 2. The van der Waals surface area contributed by atoms with Gasteiger partial charge in [-0.05, 0) is 81.9 Å². The van der Waals surface area contributed by atoms with E-state index in [4.69, 9.17) is 4.74 Å². The predicted octanol–water partition coefficient (Wildman–Crippen LogP) is 6.09. The molecule has 3 aliphatic heterocycles. The van der Waals surface area contributed by atoms with E-state index in [-0.39, 0.29) is 30.8 Å². The lowest BCUT2D eigenvalue weighted by Gasteiger charge is -2.40. The van der Waals surface area contributed by atoms with Gasteiger partial charge in [-0.15, -0.1) is 12.4 Å². The van der Waals surface area contributed by atoms with E-state index < -0.39 is 11.9 Å². The second-order valence-corrected chi connectivity index (χ2v) is 11.2. The zero-order valence-corrected chi connectivity index (χ0v) is 24.7. The van der Waals surface area contributed by atoms with Crippen LogP contribution < -0.4 is 10.1 Å². The number of fused-ring (bicyclic) bond motifs is 3. The molecule has 0 bridgehead atoms. The van der Waals surface area contributed by atoms with E-state index in [1.807, 2.05) is 4.90 Å². The van der Waals surface area contributed by atoms with Crippen LogP contribution in [0.2, 0.25) is 0 Å². The molecule has 0 spiro atoms. The summed E-state index contributed by atoms with van der Waals surface area (Å²) < 4.78 is 47.7. The van der Waals surface area contributed by atoms with Gasteiger partial charge in [-0.3, -0.25) is 4.79 Å². The fourth-order valence-electron chi connectivity index (χ4n) is 6.50. The number of methoxy groups -OCH3 is 1. The lowest BCUT2D eigenvalue weighted by atomic mass is 9.99. The molecule has 0 atom stereocenters. The van der Waals surface area contributed by atoms with E-state index in [1.165, 1.54) is 50.1 Å². The van der Waals surface area contributed by atoms with Crippen molar-refractivity contribution in [1.82, 2.24) is 24.3 Å². The molecule has 1 aromatic carbocycles. The zero-order chi connectivity index (χ0) is 28.7. The third kappa shape index (κ3) is 5.81. The molecule has 2 saturated heterocycles. The minimum absolute atomic E-state index is 0. The molecular weight excluding hydrogens is 569 g/mol. The number of alkyl halides is 3. The minimum Gasteiger partial charge on any atom is -0.495 e. The normalized spacial score (nSPS) is 17.7. The Morgan fingerprint density at radius 1 is 1.05 bits per heavy atom. The first-order valence-corrected chi connectivity index (χ1v) is 14.3. The first-order valence-electron chi connectivity index (χ1n) is 14.3. The highest BCUT2D eigenvalue weighted by molar-refractivity contribution is 5.95. The smallest absolute Gasteiger partial charge is 0.431 e. The third-order valence-corrected chi connectivity index (χ3v) is 8.63. The molecule has 0 radical (unpaired) electrons. The lowest BCUT2D eigenvalue weighted by molar-refractivity contribution is -0.143. The highest BCUT2D eigenvalue weighted by Gasteiger charge is 2.38. The number of aryl methyl sites for hydroxylation is 2. The Kier molecular flexibility index (Phi) is 8.71. The van der Waals surface area contributed by atoms with Crippen LogP contribution in [-0.4, -0.2) is 69.6 Å². The van der Waals surface area contributed by atoms with Gasteiger partial charge in [-0.1, -0.05) is 6.42 Å².